The third-order valence-corrected chi connectivity index (χ3v) is 4.66. The number of thiazole rings is 1. The molecule has 0 saturated heterocycles. The molecule has 0 saturated carbocycles. The number of ether oxygens (including phenoxy) is 1. The molecule has 0 bridgehead atoms. The Labute approximate surface area is 146 Å². The molecule has 2 rings (SSSR count). The predicted molar refractivity (Wildman–Crippen MR) is 97.0 cm³/mol. The Bertz CT molecular complexity index is 749. The Morgan fingerprint density at radius 2 is 2.08 bits per heavy atom. The molecular formula is C18H24N2O3S. The fourth-order valence-corrected chi connectivity index (χ4v) is 3.23. The molecule has 0 aliphatic carbocycles. The molecule has 0 aliphatic rings. The van der Waals surface area contributed by atoms with Crippen LogP contribution in [-0.2, 0) is 11.3 Å². The molecule has 6 heteroatoms. The lowest BCUT2D eigenvalue weighted by atomic mass is 10.1. The maximum atomic E-state index is 11.8. The van der Waals surface area contributed by atoms with Gasteiger partial charge in [-0.15, -0.1) is 0 Å². The molecule has 130 valence electrons. The van der Waals surface area contributed by atoms with E-state index in [-0.39, 0.29) is 10.8 Å². The minimum Gasteiger partial charge on any atom is -0.491 e. The van der Waals surface area contributed by atoms with Gasteiger partial charge in [-0.05, 0) is 38.8 Å². The molecule has 1 aromatic carbocycles. The average molecular weight is 348 g/mol. The number of amides is 1. The molecule has 24 heavy (non-hydrogen) atoms. The number of hydrogen-bond acceptors (Lipinski definition) is 4. The van der Waals surface area contributed by atoms with Crippen LogP contribution in [0, 0.1) is 20.8 Å². The van der Waals surface area contributed by atoms with Crippen molar-refractivity contribution in [3.8, 4) is 5.75 Å². The molecule has 0 spiro atoms. The minimum atomic E-state index is -0.0137. The zero-order chi connectivity index (χ0) is 17.5. The second-order valence-corrected chi connectivity index (χ2v) is 6.69. The van der Waals surface area contributed by atoms with Gasteiger partial charge in [-0.3, -0.25) is 9.59 Å². The molecular weight excluding hydrogens is 324 g/mol. The maximum absolute atomic E-state index is 11.8. The first-order chi connectivity index (χ1) is 11.5. The molecule has 0 fully saturated rings. The standard InChI is InChI=1S/C18H24N2O3S/c1-13-6-7-16(14(2)11-13)23-10-8-19-17(21)5-4-9-20-15(3)12-24-18(20)22/h6-7,11-12H,4-5,8-10H2,1-3H3,(H,19,21). The highest BCUT2D eigenvalue weighted by atomic mass is 32.1. The lowest BCUT2D eigenvalue weighted by Crippen LogP contribution is -2.28. The van der Waals surface area contributed by atoms with Crippen LogP contribution in [0.2, 0.25) is 0 Å². The highest BCUT2D eigenvalue weighted by molar-refractivity contribution is 7.07. The average Bonchev–Trinajstić information content (AvgIpc) is 2.85. The lowest BCUT2D eigenvalue weighted by Gasteiger charge is -2.10. The zero-order valence-corrected chi connectivity index (χ0v) is 15.2. The summed E-state index contributed by atoms with van der Waals surface area (Å²) in [5, 5.41) is 4.68. The van der Waals surface area contributed by atoms with Crippen LogP contribution < -0.4 is 14.9 Å². The quantitative estimate of drug-likeness (QED) is 0.746. The number of nitrogens with zero attached hydrogens (tertiary/aromatic N) is 1. The summed E-state index contributed by atoms with van der Waals surface area (Å²) in [4.78, 5) is 23.4. The number of rotatable bonds is 8. The van der Waals surface area contributed by atoms with Gasteiger partial charge in [-0.25, -0.2) is 0 Å². The number of aromatic nitrogens is 1. The van der Waals surface area contributed by atoms with Gasteiger partial charge in [0.1, 0.15) is 12.4 Å². The van der Waals surface area contributed by atoms with Gasteiger partial charge in [0.15, 0.2) is 0 Å². The maximum Gasteiger partial charge on any atom is 0.307 e. The van der Waals surface area contributed by atoms with Crippen molar-refractivity contribution >= 4 is 17.2 Å². The van der Waals surface area contributed by atoms with Gasteiger partial charge in [0, 0.05) is 24.0 Å². The summed E-state index contributed by atoms with van der Waals surface area (Å²) in [6, 6.07) is 6.03. The second kappa shape index (κ2) is 8.68. The van der Waals surface area contributed by atoms with E-state index in [2.05, 4.69) is 11.4 Å². The molecule has 1 heterocycles. The van der Waals surface area contributed by atoms with Crippen molar-refractivity contribution < 1.29 is 9.53 Å². The number of hydrogen-bond donors (Lipinski definition) is 1. The topological polar surface area (TPSA) is 60.3 Å². The second-order valence-electron chi connectivity index (χ2n) is 5.87. The van der Waals surface area contributed by atoms with Gasteiger partial charge in [0.05, 0.1) is 6.54 Å². The smallest absolute Gasteiger partial charge is 0.307 e. The van der Waals surface area contributed by atoms with Crippen molar-refractivity contribution in [1.82, 2.24) is 9.88 Å². The van der Waals surface area contributed by atoms with Gasteiger partial charge in [0.2, 0.25) is 5.91 Å². The van der Waals surface area contributed by atoms with E-state index >= 15 is 0 Å². The summed E-state index contributed by atoms with van der Waals surface area (Å²) in [6.45, 7) is 7.46. The Morgan fingerprint density at radius 3 is 2.75 bits per heavy atom. The van der Waals surface area contributed by atoms with Crippen LogP contribution in [0.25, 0.3) is 0 Å². The molecule has 1 aromatic heterocycles. The van der Waals surface area contributed by atoms with Crippen molar-refractivity contribution in [2.75, 3.05) is 13.2 Å². The first kappa shape index (κ1) is 18.3. The van der Waals surface area contributed by atoms with Crippen LogP contribution in [-0.4, -0.2) is 23.6 Å². The van der Waals surface area contributed by atoms with Crippen molar-refractivity contribution in [1.29, 1.82) is 0 Å². The van der Waals surface area contributed by atoms with E-state index in [9.17, 15) is 9.59 Å². The van der Waals surface area contributed by atoms with Crippen LogP contribution in [0.3, 0.4) is 0 Å². The molecule has 5 nitrogen and oxygen atoms in total. The van der Waals surface area contributed by atoms with E-state index in [0.717, 1.165) is 17.0 Å². The molecule has 0 unspecified atom stereocenters. The summed E-state index contributed by atoms with van der Waals surface area (Å²) in [7, 11) is 0. The van der Waals surface area contributed by atoms with Gasteiger partial charge in [-0.2, -0.15) is 0 Å². The van der Waals surface area contributed by atoms with E-state index in [1.165, 1.54) is 16.9 Å². The SMILES string of the molecule is Cc1ccc(OCCNC(=O)CCCn2c(C)csc2=O)c(C)c1. The highest BCUT2D eigenvalue weighted by Crippen LogP contribution is 2.18. The van der Waals surface area contributed by atoms with E-state index in [4.69, 9.17) is 4.74 Å². The number of aryl methyl sites for hydroxylation is 3. The van der Waals surface area contributed by atoms with Gasteiger partial charge >= 0.3 is 4.87 Å². The van der Waals surface area contributed by atoms with Crippen molar-refractivity contribution in [3.63, 3.8) is 0 Å². The summed E-state index contributed by atoms with van der Waals surface area (Å²) >= 11 is 1.20. The van der Waals surface area contributed by atoms with E-state index in [1.807, 2.05) is 38.3 Å². The Hall–Kier alpha value is -2.08. The van der Waals surface area contributed by atoms with Crippen molar-refractivity contribution in [2.45, 2.75) is 40.2 Å². The van der Waals surface area contributed by atoms with Crippen molar-refractivity contribution in [2.24, 2.45) is 0 Å². The zero-order valence-electron chi connectivity index (χ0n) is 14.4. The number of benzene rings is 1. The summed E-state index contributed by atoms with van der Waals surface area (Å²) < 4.78 is 7.39. The van der Waals surface area contributed by atoms with E-state index < -0.39 is 0 Å². The van der Waals surface area contributed by atoms with E-state index in [1.54, 1.807) is 4.57 Å². The Morgan fingerprint density at radius 1 is 1.29 bits per heavy atom. The Kier molecular flexibility index (Phi) is 6.61. The first-order valence-electron chi connectivity index (χ1n) is 8.09. The van der Waals surface area contributed by atoms with Crippen LogP contribution in [0.15, 0.2) is 28.4 Å². The predicted octanol–water partition coefficient (Wildman–Crippen LogP) is 2.81. The number of nitrogens with one attached hydrogen (secondary N) is 1. The van der Waals surface area contributed by atoms with Crippen LogP contribution in [0.5, 0.6) is 5.75 Å². The van der Waals surface area contributed by atoms with Crippen LogP contribution in [0.1, 0.15) is 29.7 Å². The van der Waals surface area contributed by atoms with Crippen LogP contribution >= 0.6 is 11.3 Å². The molecule has 0 aliphatic heterocycles. The third-order valence-electron chi connectivity index (χ3n) is 3.77. The highest BCUT2D eigenvalue weighted by Gasteiger charge is 2.05. The van der Waals surface area contributed by atoms with Gasteiger partial charge in [0.25, 0.3) is 0 Å². The van der Waals surface area contributed by atoms with Crippen LogP contribution in [0.4, 0.5) is 0 Å². The fraction of sp³-hybridized carbons (Fsp3) is 0.444. The summed E-state index contributed by atoms with van der Waals surface area (Å²) in [6.07, 6.45) is 1.06. The van der Waals surface area contributed by atoms with E-state index in [0.29, 0.717) is 32.5 Å². The molecule has 1 amide bonds. The normalized spacial score (nSPS) is 10.6. The number of carbonyl (C=O) groups is 1. The van der Waals surface area contributed by atoms with Gasteiger partial charge < -0.3 is 14.6 Å². The number of carbonyl (C=O) groups excluding carboxylic acids is 1. The molecule has 2 aromatic rings. The Balaban J connectivity index is 1.64. The summed E-state index contributed by atoms with van der Waals surface area (Å²) in [5.74, 6) is 0.835. The molecule has 0 atom stereocenters. The molecule has 0 radical (unpaired) electrons. The summed E-state index contributed by atoms with van der Waals surface area (Å²) in [5.41, 5.74) is 3.25. The first-order valence-corrected chi connectivity index (χ1v) is 8.97. The lowest BCUT2D eigenvalue weighted by molar-refractivity contribution is -0.121. The molecule has 1 N–H and O–H groups in total. The largest absolute Gasteiger partial charge is 0.491 e. The minimum absolute atomic E-state index is 0.0137. The van der Waals surface area contributed by atoms with Gasteiger partial charge in [-0.1, -0.05) is 29.0 Å². The third kappa shape index (κ3) is 5.23. The monoisotopic (exact) mass is 348 g/mol. The fourth-order valence-electron chi connectivity index (χ4n) is 2.47. The van der Waals surface area contributed by atoms with Crippen molar-refractivity contribution in [3.05, 3.63) is 50.1 Å².